The fourth-order valence-electron chi connectivity index (χ4n) is 2.79. The lowest BCUT2D eigenvalue weighted by Crippen LogP contribution is -2.36. The van der Waals surface area contributed by atoms with Gasteiger partial charge in [-0.3, -0.25) is 24.3 Å². The standard InChI is InChI=1S/C16H18N6O9S/c17-20-19-10-5-6-11(12(8-10)22(26)27)18-7-3-1-2-4-15(24)31-21-14(23)9-13(16(21)25)32(28,29)30/h5-6,8,13,18H,1-4,7,9H2,(H,28,29,30)/t13-/m0/s1. The number of hydroxylamine groups is 2. The van der Waals surface area contributed by atoms with Gasteiger partial charge < -0.3 is 10.2 Å². The summed E-state index contributed by atoms with van der Waals surface area (Å²) in [7, 11) is -4.79. The quantitative estimate of drug-likeness (QED) is 0.0699. The summed E-state index contributed by atoms with van der Waals surface area (Å²) in [5.74, 6) is -3.31. The van der Waals surface area contributed by atoms with Crippen molar-refractivity contribution in [3.63, 3.8) is 0 Å². The molecule has 1 heterocycles. The van der Waals surface area contributed by atoms with E-state index in [1.54, 1.807) is 0 Å². The number of carbonyl (C=O) groups excluding carboxylic acids is 3. The van der Waals surface area contributed by atoms with Crippen molar-refractivity contribution < 1.29 is 37.1 Å². The number of azide groups is 1. The SMILES string of the molecule is [N-]=[N+]=Nc1ccc(NCCCCCC(=O)ON2C(=O)C[C@H](S(=O)(=O)O)C2=O)c([N+](=O)[O-])c1. The molecule has 0 unspecified atom stereocenters. The van der Waals surface area contributed by atoms with Gasteiger partial charge in [0.15, 0.2) is 5.25 Å². The Balaban J connectivity index is 1.75. The summed E-state index contributed by atoms with van der Waals surface area (Å²) >= 11 is 0. The zero-order chi connectivity index (χ0) is 23.9. The molecule has 2 rings (SSSR count). The first-order chi connectivity index (χ1) is 15.0. The van der Waals surface area contributed by atoms with Crippen LogP contribution in [0.5, 0.6) is 0 Å². The first-order valence-corrected chi connectivity index (χ1v) is 10.7. The van der Waals surface area contributed by atoms with E-state index in [0.29, 0.717) is 25.8 Å². The van der Waals surface area contributed by atoms with Gasteiger partial charge in [-0.1, -0.05) is 17.6 Å². The van der Waals surface area contributed by atoms with Gasteiger partial charge in [0.25, 0.3) is 27.6 Å². The second-order valence-corrected chi connectivity index (χ2v) is 8.18. The number of rotatable bonds is 11. The van der Waals surface area contributed by atoms with E-state index in [9.17, 15) is 32.9 Å². The highest BCUT2D eigenvalue weighted by Gasteiger charge is 2.48. The molecule has 172 valence electrons. The number of imide groups is 1. The monoisotopic (exact) mass is 470 g/mol. The molecule has 1 saturated heterocycles. The number of nitrogens with one attached hydrogen (secondary N) is 1. The Bertz CT molecular complexity index is 1080. The smallest absolute Gasteiger partial charge is 0.333 e. The lowest BCUT2D eigenvalue weighted by atomic mass is 10.2. The van der Waals surface area contributed by atoms with Crippen LogP contribution in [0.4, 0.5) is 17.1 Å². The van der Waals surface area contributed by atoms with Gasteiger partial charge >= 0.3 is 5.97 Å². The molecule has 15 nitrogen and oxygen atoms in total. The Hall–Kier alpha value is -3.75. The van der Waals surface area contributed by atoms with Crippen LogP contribution in [0.1, 0.15) is 32.1 Å². The third-order valence-corrected chi connectivity index (χ3v) is 5.41. The van der Waals surface area contributed by atoms with E-state index in [1.807, 2.05) is 0 Å². The van der Waals surface area contributed by atoms with Crippen LogP contribution in [0.15, 0.2) is 23.3 Å². The van der Waals surface area contributed by atoms with Gasteiger partial charge in [-0.25, -0.2) is 4.79 Å². The molecule has 32 heavy (non-hydrogen) atoms. The zero-order valence-electron chi connectivity index (χ0n) is 16.4. The van der Waals surface area contributed by atoms with Crippen molar-refractivity contribution in [3.05, 3.63) is 38.8 Å². The first-order valence-electron chi connectivity index (χ1n) is 9.16. The molecule has 1 aliphatic heterocycles. The highest BCUT2D eigenvalue weighted by Crippen LogP contribution is 2.29. The summed E-state index contributed by atoms with van der Waals surface area (Å²) in [6, 6.07) is 3.95. The molecule has 1 aliphatic rings. The van der Waals surface area contributed by atoms with Crippen LogP contribution in [0.25, 0.3) is 10.4 Å². The lowest BCUT2D eigenvalue weighted by Gasteiger charge is -2.13. The summed E-state index contributed by atoms with van der Waals surface area (Å²) < 4.78 is 31.0. The van der Waals surface area contributed by atoms with Crippen molar-refractivity contribution in [3.8, 4) is 0 Å². The molecular weight excluding hydrogens is 452 g/mol. The van der Waals surface area contributed by atoms with Crippen LogP contribution < -0.4 is 5.32 Å². The number of nitro groups is 1. The van der Waals surface area contributed by atoms with Gasteiger partial charge in [0, 0.05) is 29.6 Å². The van der Waals surface area contributed by atoms with E-state index in [-0.39, 0.29) is 28.5 Å². The van der Waals surface area contributed by atoms with Crippen LogP contribution in [-0.2, 0) is 29.3 Å². The van der Waals surface area contributed by atoms with Crippen LogP contribution in [0, 0.1) is 10.1 Å². The number of anilines is 1. The number of nitrogens with zero attached hydrogens (tertiary/aromatic N) is 5. The maximum atomic E-state index is 11.8. The van der Waals surface area contributed by atoms with Gasteiger partial charge in [0.2, 0.25) is 0 Å². The van der Waals surface area contributed by atoms with E-state index in [1.165, 1.54) is 12.1 Å². The molecule has 2 N–H and O–H groups in total. The first kappa shape index (κ1) is 24.5. The molecule has 1 aromatic rings. The van der Waals surface area contributed by atoms with E-state index in [4.69, 9.17) is 10.1 Å². The van der Waals surface area contributed by atoms with E-state index < -0.39 is 44.5 Å². The number of hydrogen-bond donors (Lipinski definition) is 2. The van der Waals surface area contributed by atoms with Crippen LogP contribution in [0.3, 0.4) is 0 Å². The van der Waals surface area contributed by atoms with Gasteiger partial charge in [-0.2, -0.15) is 8.42 Å². The second-order valence-electron chi connectivity index (χ2n) is 6.58. The second kappa shape index (κ2) is 10.5. The zero-order valence-corrected chi connectivity index (χ0v) is 17.2. The van der Waals surface area contributed by atoms with Gasteiger partial charge in [-0.05, 0) is 24.4 Å². The van der Waals surface area contributed by atoms with Crippen LogP contribution in [0.2, 0.25) is 0 Å². The molecule has 0 spiro atoms. The summed E-state index contributed by atoms with van der Waals surface area (Å²) in [5, 5.41) is 15.4. The van der Waals surface area contributed by atoms with Crippen LogP contribution in [-0.4, -0.2) is 52.5 Å². The predicted molar refractivity (Wildman–Crippen MR) is 107 cm³/mol. The summed E-state index contributed by atoms with van der Waals surface area (Å²) in [6.45, 7) is 0.329. The maximum absolute atomic E-state index is 11.8. The molecule has 0 saturated carbocycles. The molecule has 0 radical (unpaired) electrons. The molecule has 0 bridgehead atoms. The predicted octanol–water partition coefficient (Wildman–Crippen LogP) is 1.98. The highest BCUT2D eigenvalue weighted by molar-refractivity contribution is 7.87. The molecule has 0 aromatic heterocycles. The Morgan fingerprint density at radius 3 is 2.69 bits per heavy atom. The van der Waals surface area contributed by atoms with Crippen molar-refractivity contribution in [1.82, 2.24) is 5.06 Å². The highest BCUT2D eigenvalue weighted by atomic mass is 32.2. The van der Waals surface area contributed by atoms with Crippen LogP contribution >= 0.6 is 0 Å². The molecule has 16 heteroatoms. The minimum atomic E-state index is -4.79. The fraction of sp³-hybridized carbons (Fsp3) is 0.438. The minimum absolute atomic E-state index is 0.0431. The summed E-state index contributed by atoms with van der Waals surface area (Å²) in [5.41, 5.74) is 8.46. The topological polar surface area (TPSA) is 222 Å². The third kappa shape index (κ3) is 6.37. The molecule has 1 aromatic carbocycles. The van der Waals surface area contributed by atoms with Gasteiger partial charge in [-0.15, -0.1) is 5.06 Å². The normalized spacial score (nSPS) is 15.9. The number of carbonyl (C=O) groups is 3. The Morgan fingerprint density at radius 1 is 1.38 bits per heavy atom. The minimum Gasteiger partial charge on any atom is -0.379 e. The Labute approximate surface area is 180 Å². The van der Waals surface area contributed by atoms with Gasteiger partial charge in [0.05, 0.1) is 11.3 Å². The summed E-state index contributed by atoms with van der Waals surface area (Å²) in [6.07, 6.45) is 0.314. The van der Waals surface area contributed by atoms with E-state index in [0.717, 1.165) is 6.07 Å². The molecular formula is C16H18N6O9S. The molecule has 1 atom stereocenters. The molecule has 0 aliphatic carbocycles. The fourth-order valence-corrected chi connectivity index (χ4v) is 3.49. The lowest BCUT2D eigenvalue weighted by molar-refractivity contribution is -0.383. The van der Waals surface area contributed by atoms with E-state index >= 15 is 0 Å². The Morgan fingerprint density at radius 2 is 2.09 bits per heavy atom. The molecule has 1 fully saturated rings. The van der Waals surface area contributed by atoms with Crippen molar-refractivity contribution in [1.29, 1.82) is 0 Å². The number of nitro benzene ring substituents is 1. The number of hydrogen-bond acceptors (Lipinski definition) is 10. The number of benzene rings is 1. The summed E-state index contributed by atoms with van der Waals surface area (Å²) in [4.78, 5) is 52.9. The Kier molecular flexibility index (Phi) is 8.06. The third-order valence-electron chi connectivity index (χ3n) is 4.33. The van der Waals surface area contributed by atoms with Crippen molar-refractivity contribution >= 4 is 45.0 Å². The molecule has 2 amide bonds. The number of amides is 2. The maximum Gasteiger partial charge on any atom is 0.333 e. The van der Waals surface area contributed by atoms with Crippen molar-refractivity contribution in [2.75, 3.05) is 11.9 Å². The van der Waals surface area contributed by atoms with E-state index in [2.05, 4.69) is 20.2 Å². The number of unbranched alkanes of at least 4 members (excludes halogenated alkanes) is 2. The average Bonchev–Trinajstić information content (AvgIpc) is 3.00. The van der Waals surface area contributed by atoms with Gasteiger partial charge in [0.1, 0.15) is 5.69 Å². The van der Waals surface area contributed by atoms with Crippen molar-refractivity contribution in [2.24, 2.45) is 5.11 Å². The average molecular weight is 470 g/mol. The van der Waals surface area contributed by atoms with Crippen molar-refractivity contribution in [2.45, 2.75) is 37.4 Å². The largest absolute Gasteiger partial charge is 0.379 e.